The average molecular weight is 280 g/mol. The van der Waals surface area contributed by atoms with E-state index in [0.717, 1.165) is 0 Å². The summed E-state index contributed by atoms with van der Waals surface area (Å²) < 4.78 is 28.3. The number of fused-ring (bicyclic) bond motifs is 1. The van der Waals surface area contributed by atoms with Crippen LogP contribution in [0.25, 0.3) is 0 Å². The molecule has 3 aliphatic rings. The van der Waals surface area contributed by atoms with Crippen molar-refractivity contribution in [1.82, 2.24) is 0 Å². The molecule has 0 radical (unpaired) electrons. The molecule has 3 fully saturated rings. The standard InChI is InChI=1S/C13H21O6.Li/c1-11(2)15-6-7(17-11)8-13(5,14)9-10(16-8)19-12(3,4)18-9;/h7-10,14H,5-6H2,1-4H3;/q-1;+1/t7-,8-,9+,10-,13-;/m1./s1. The van der Waals surface area contributed by atoms with Gasteiger partial charge in [-0.1, -0.05) is 0 Å². The van der Waals surface area contributed by atoms with E-state index in [1.165, 1.54) is 0 Å². The van der Waals surface area contributed by atoms with Gasteiger partial charge in [0.2, 0.25) is 0 Å². The molecule has 0 aromatic carbocycles. The van der Waals surface area contributed by atoms with Gasteiger partial charge in [0.15, 0.2) is 17.9 Å². The van der Waals surface area contributed by atoms with Crippen LogP contribution >= 0.6 is 0 Å². The largest absolute Gasteiger partial charge is 1.00 e. The molecule has 20 heavy (non-hydrogen) atoms. The molecule has 7 heteroatoms. The molecule has 0 bridgehead atoms. The summed E-state index contributed by atoms with van der Waals surface area (Å²) in [7, 11) is 0. The van der Waals surface area contributed by atoms with Crippen LogP contribution in [0, 0.1) is 6.92 Å². The number of hydrogen-bond acceptors (Lipinski definition) is 6. The molecule has 5 atom stereocenters. The molecule has 3 rings (SSSR count). The Hall–Kier alpha value is 0.357. The molecule has 1 N–H and O–H groups in total. The molecule has 0 spiro atoms. The van der Waals surface area contributed by atoms with Gasteiger partial charge in [-0.25, -0.2) is 0 Å². The normalized spacial score (nSPS) is 48.9. The van der Waals surface area contributed by atoms with Gasteiger partial charge in [0.1, 0.15) is 12.2 Å². The van der Waals surface area contributed by atoms with E-state index >= 15 is 0 Å². The van der Waals surface area contributed by atoms with E-state index < -0.39 is 41.8 Å². The molecule has 3 saturated heterocycles. The Morgan fingerprint density at radius 3 is 2.15 bits per heavy atom. The fourth-order valence-electron chi connectivity index (χ4n) is 2.87. The Kier molecular flexibility index (Phi) is 4.13. The van der Waals surface area contributed by atoms with Crippen LogP contribution < -0.4 is 18.9 Å². The molecular formula is C13H21LiO6. The molecule has 0 amide bonds. The minimum absolute atomic E-state index is 0. The van der Waals surface area contributed by atoms with Gasteiger partial charge in [0.05, 0.1) is 12.7 Å². The minimum atomic E-state index is -1.42. The van der Waals surface area contributed by atoms with Crippen LogP contribution in [-0.2, 0) is 23.7 Å². The predicted molar refractivity (Wildman–Crippen MR) is 63.9 cm³/mol. The predicted octanol–water partition coefficient (Wildman–Crippen LogP) is -2.42. The first kappa shape index (κ1) is 16.7. The van der Waals surface area contributed by atoms with Crippen molar-refractivity contribution < 1.29 is 47.7 Å². The van der Waals surface area contributed by atoms with Gasteiger partial charge in [-0.15, -0.1) is 0 Å². The van der Waals surface area contributed by atoms with Gasteiger partial charge < -0.3 is 35.7 Å². The second-order valence-electron chi connectivity index (χ2n) is 6.34. The molecule has 110 valence electrons. The number of aliphatic hydroxyl groups is 1. The van der Waals surface area contributed by atoms with Crippen LogP contribution in [0.4, 0.5) is 0 Å². The monoisotopic (exact) mass is 280 g/mol. The molecule has 0 unspecified atom stereocenters. The SMILES string of the molecule is [CH2-][C@@]1(O)[C@@H]([C@H]2COC(C)(C)O2)O[C@@H]2OC(C)(C)O[C@@H]21.[Li+]. The Bertz CT molecular complexity index is 383. The molecule has 3 aliphatic heterocycles. The van der Waals surface area contributed by atoms with E-state index in [4.69, 9.17) is 23.7 Å². The summed E-state index contributed by atoms with van der Waals surface area (Å²) in [6, 6.07) is 0. The van der Waals surface area contributed by atoms with Crippen LogP contribution in [0.15, 0.2) is 0 Å². The van der Waals surface area contributed by atoms with Crippen molar-refractivity contribution in [3.63, 3.8) is 0 Å². The van der Waals surface area contributed by atoms with Crippen LogP contribution in [0.5, 0.6) is 0 Å². The van der Waals surface area contributed by atoms with Gasteiger partial charge in [-0.3, -0.25) is 0 Å². The first-order chi connectivity index (χ1) is 8.61. The molecule has 6 nitrogen and oxygen atoms in total. The fourth-order valence-corrected chi connectivity index (χ4v) is 2.87. The maximum absolute atomic E-state index is 10.6. The summed E-state index contributed by atoms with van der Waals surface area (Å²) in [5.41, 5.74) is -1.42. The van der Waals surface area contributed by atoms with Gasteiger partial charge in [-0.05, 0) is 27.7 Å². The zero-order chi connectivity index (χ0) is 14.1. The molecule has 0 aromatic rings. The van der Waals surface area contributed by atoms with E-state index in [1.54, 1.807) is 13.8 Å². The van der Waals surface area contributed by atoms with Crippen LogP contribution in [0.2, 0.25) is 0 Å². The summed E-state index contributed by atoms with van der Waals surface area (Å²) in [5.74, 6) is -1.46. The van der Waals surface area contributed by atoms with Crippen LogP contribution in [-0.4, -0.2) is 53.5 Å². The summed E-state index contributed by atoms with van der Waals surface area (Å²) in [6.45, 7) is 11.4. The van der Waals surface area contributed by atoms with E-state index in [0.29, 0.717) is 6.61 Å². The molecule has 0 saturated carbocycles. The van der Waals surface area contributed by atoms with E-state index in [2.05, 4.69) is 6.92 Å². The topological polar surface area (TPSA) is 66.4 Å². The third-order valence-electron chi connectivity index (χ3n) is 3.69. The van der Waals surface area contributed by atoms with Crippen molar-refractivity contribution in [2.45, 2.75) is 69.5 Å². The third kappa shape index (κ3) is 2.69. The zero-order valence-corrected chi connectivity index (χ0v) is 12.7. The first-order valence-corrected chi connectivity index (χ1v) is 6.51. The maximum atomic E-state index is 10.6. The number of hydrogen-bond donors (Lipinski definition) is 1. The smallest absolute Gasteiger partial charge is 0.417 e. The van der Waals surface area contributed by atoms with Crippen molar-refractivity contribution in [3.8, 4) is 0 Å². The van der Waals surface area contributed by atoms with Gasteiger partial charge in [-0.2, -0.15) is 0 Å². The fraction of sp³-hybridized carbons (Fsp3) is 0.923. The summed E-state index contributed by atoms with van der Waals surface area (Å²) >= 11 is 0. The van der Waals surface area contributed by atoms with Gasteiger partial charge in [0, 0.05) is 5.60 Å². The van der Waals surface area contributed by atoms with Crippen molar-refractivity contribution in [2.75, 3.05) is 6.61 Å². The molecular weight excluding hydrogens is 259 g/mol. The Morgan fingerprint density at radius 1 is 1.00 bits per heavy atom. The zero-order valence-electron chi connectivity index (χ0n) is 12.7. The summed E-state index contributed by atoms with van der Waals surface area (Å²) in [6.07, 6.45) is -2.28. The minimum Gasteiger partial charge on any atom is -0.417 e. The van der Waals surface area contributed by atoms with Crippen molar-refractivity contribution in [1.29, 1.82) is 0 Å². The van der Waals surface area contributed by atoms with E-state index in [9.17, 15) is 5.11 Å². The van der Waals surface area contributed by atoms with Crippen molar-refractivity contribution in [3.05, 3.63) is 6.92 Å². The Labute approximate surface area is 131 Å². The number of ether oxygens (including phenoxy) is 5. The maximum Gasteiger partial charge on any atom is 1.00 e. The van der Waals surface area contributed by atoms with E-state index in [-0.39, 0.29) is 18.9 Å². The van der Waals surface area contributed by atoms with Crippen molar-refractivity contribution in [2.24, 2.45) is 0 Å². The number of rotatable bonds is 1. The first-order valence-electron chi connectivity index (χ1n) is 6.51. The average Bonchev–Trinajstić information content (AvgIpc) is 2.80. The molecule has 0 aromatic heterocycles. The Morgan fingerprint density at radius 2 is 1.65 bits per heavy atom. The van der Waals surface area contributed by atoms with Crippen LogP contribution in [0.3, 0.4) is 0 Å². The second kappa shape index (κ2) is 4.93. The summed E-state index contributed by atoms with van der Waals surface area (Å²) in [4.78, 5) is 0. The Balaban J connectivity index is 0.00000147. The molecule has 3 heterocycles. The molecule has 0 aliphatic carbocycles. The van der Waals surface area contributed by atoms with Crippen LogP contribution in [0.1, 0.15) is 27.7 Å². The van der Waals surface area contributed by atoms with E-state index in [1.807, 2.05) is 13.8 Å². The van der Waals surface area contributed by atoms with Gasteiger partial charge in [0.25, 0.3) is 0 Å². The quantitative estimate of drug-likeness (QED) is 0.426. The van der Waals surface area contributed by atoms with Gasteiger partial charge >= 0.3 is 18.9 Å². The second-order valence-corrected chi connectivity index (χ2v) is 6.34. The van der Waals surface area contributed by atoms with Crippen molar-refractivity contribution >= 4 is 0 Å². The summed E-state index contributed by atoms with van der Waals surface area (Å²) in [5, 5.41) is 10.6. The third-order valence-corrected chi connectivity index (χ3v) is 3.69.